The lowest BCUT2D eigenvalue weighted by atomic mass is 9.65. The highest BCUT2D eigenvalue weighted by atomic mass is 15.1. The molecule has 2 aliphatic carbocycles. The molecule has 0 N–H and O–H groups in total. The van der Waals surface area contributed by atoms with E-state index in [1.54, 1.807) is 0 Å². The second kappa shape index (κ2) is 13.7. The van der Waals surface area contributed by atoms with Gasteiger partial charge in [-0.25, -0.2) is 0 Å². The molecule has 1 aromatic heterocycles. The fourth-order valence-electron chi connectivity index (χ4n) is 12.4. The average Bonchev–Trinajstić information content (AvgIpc) is 3.95. The van der Waals surface area contributed by atoms with Gasteiger partial charge in [0.15, 0.2) is 0 Å². The van der Waals surface area contributed by atoms with Crippen LogP contribution >= 0.6 is 0 Å². The Morgan fingerprint density at radius 1 is 0.348 bits per heavy atom. The van der Waals surface area contributed by atoms with Gasteiger partial charge in [0.25, 0.3) is 0 Å². The number of nitrogens with zero attached hydrogens (tertiary/aromatic N) is 2. The molecule has 0 saturated carbocycles. The predicted molar refractivity (Wildman–Crippen MR) is 275 cm³/mol. The van der Waals surface area contributed by atoms with E-state index >= 15 is 0 Å². The number of benzene rings is 10. The Morgan fingerprint density at radius 2 is 0.939 bits per heavy atom. The van der Waals surface area contributed by atoms with Crippen LogP contribution in [0.5, 0.6) is 0 Å². The van der Waals surface area contributed by atoms with Gasteiger partial charge in [-0.1, -0.05) is 196 Å². The minimum absolute atomic E-state index is 0.132. The van der Waals surface area contributed by atoms with E-state index < -0.39 is 5.41 Å². The van der Waals surface area contributed by atoms with Crippen molar-refractivity contribution < 1.29 is 0 Å². The molecule has 14 rings (SSSR count). The summed E-state index contributed by atoms with van der Waals surface area (Å²) in [5.74, 6) is 0. The maximum absolute atomic E-state index is 2.52. The van der Waals surface area contributed by atoms with Crippen LogP contribution in [0.3, 0.4) is 0 Å². The summed E-state index contributed by atoms with van der Waals surface area (Å²) in [5.41, 5.74) is 24.6. The standard InChI is InChI=1S/C64H44N2/c1-63(2)53-27-10-6-23-47(53)49-36-35-45(40-58(49)63)65(59-31-13-8-22-46(59)41-18-4-3-5-19-41)44-21-16-20-42(38-44)43-34-37-55-52(39-43)48-24-7-11-28-54(48)64(55)56-29-12-15-33-61(56)66-60-32-14-9-25-50(60)51-26-17-30-57(64)62(51)66/h3-40H,1-2H3. The molecule has 0 fully saturated rings. The van der Waals surface area contributed by atoms with Crippen LogP contribution in [0.2, 0.25) is 0 Å². The average molecular weight is 841 g/mol. The maximum atomic E-state index is 2.52. The van der Waals surface area contributed by atoms with E-state index in [2.05, 4.69) is 254 Å². The van der Waals surface area contributed by atoms with Crippen molar-refractivity contribution in [3.8, 4) is 50.2 Å². The van der Waals surface area contributed by atoms with E-state index in [-0.39, 0.29) is 5.41 Å². The summed E-state index contributed by atoms with van der Waals surface area (Å²) in [5, 5.41) is 2.59. The molecule has 2 heterocycles. The molecule has 1 unspecified atom stereocenters. The van der Waals surface area contributed by atoms with Gasteiger partial charge >= 0.3 is 0 Å². The molecule has 2 heteroatoms. The summed E-state index contributed by atoms with van der Waals surface area (Å²) in [6.07, 6.45) is 0. The Hall–Kier alpha value is -8.20. The van der Waals surface area contributed by atoms with Gasteiger partial charge in [0.1, 0.15) is 0 Å². The van der Waals surface area contributed by atoms with E-state index in [1.165, 1.54) is 105 Å². The van der Waals surface area contributed by atoms with Crippen LogP contribution in [-0.2, 0) is 10.8 Å². The number of hydrogen-bond donors (Lipinski definition) is 0. The zero-order valence-corrected chi connectivity index (χ0v) is 36.8. The van der Waals surface area contributed by atoms with E-state index in [1.807, 2.05) is 0 Å². The molecule has 1 spiro atoms. The Bertz CT molecular complexity index is 3810. The molecule has 11 aromatic rings. The highest BCUT2D eigenvalue weighted by Gasteiger charge is 2.50. The van der Waals surface area contributed by atoms with E-state index in [0.717, 1.165) is 17.1 Å². The van der Waals surface area contributed by atoms with E-state index in [9.17, 15) is 0 Å². The monoisotopic (exact) mass is 840 g/mol. The minimum Gasteiger partial charge on any atom is -0.310 e. The molecule has 0 bridgehead atoms. The Labute approximate surface area is 385 Å². The Kier molecular flexibility index (Phi) is 7.70. The number of hydrogen-bond acceptors (Lipinski definition) is 1. The van der Waals surface area contributed by atoms with Crippen molar-refractivity contribution in [2.75, 3.05) is 4.90 Å². The molecule has 1 atom stereocenters. The first-order valence-corrected chi connectivity index (χ1v) is 23.2. The summed E-state index contributed by atoms with van der Waals surface area (Å²) in [6.45, 7) is 4.74. The van der Waals surface area contributed by atoms with E-state index in [4.69, 9.17) is 0 Å². The zero-order valence-electron chi connectivity index (χ0n) is 36.8. The van der Waals surface area contributed by atoms with Gasteiger partial charge in [0.2, 0.25) is 0 Å². The SMILES string of the molecule is CC1(C)c2ccccc2-c2ccc(N(c3cccc(-c4ccc5c(c4)-c4ccccc4C54c5ccccc5-n5c6ccccc6c6cccc4c65)c3)c3ccccc3-c3ccccc3)cc21. The largest absolute Gasteiger partial charge is 0.310 e. The molecule has 0 saturated heterocycles. The van der Waals surface area contributed by atoms with Crippen LogP contribution in [0.25, 0.3) is 72.0 Å². The third kappa shape index (κ3) is 4.91. The number of aromatic nitrogens is 1. The van der Waals surface area contributed by atoms with Crippen LogP contribution in [0.1, 0.15) is 47.2 Å². The quantitative estimate of drug-likeness (QED) is 0.168. The van der Waals surface area contributed by atoms with Crippen molar-refractivity contribution in [3.05, 3.63) is 264 Å². The van der Waals surface area contributed by atoms with Crippen molar-refractivity contribution in [1.82, 2.24) is 4.57 Å². The van der Waals surface area contributed by atoms with Gasteiger partial charge in [-0.05, 0) is 121 Å². The summed E-state index contributed by atoms with van der Waals surface area (Å²) >= 11 is 0. The number of para-hydroxylation sites is 4. The first-order chi connectivity index (χ1) is 32.5. The molecular formula is C64H44N2. The third-order valence-corrected chi connectivity index (χ3v) is 15.2. The Balaban J connectivity index is 0.965. The summed E-state index contributed by atoms with van der Waals surface area (Å²) in [4.78, 5) is 2.47. The van der Waals surface area contributed by atoms with Crippen molar-refractivity contribution in [3.63, 3.8) is 0 Å². The van der Waals surface area contributed by atoms with Crippen molar-refractivity contribution in [1.29, 1.82) is 0 Å². The fraction of sp³-hybridized carbons (Fsp3) is 0.0625. The van der Waals surface area contributed by atoms with Gasteiger partial charge in [0.05, 0.1) is 27.8 Å². The predicted octanol–water partition coefficient (Wildman–Crippen LogP) is 16.6. The number of anilines is 3. The second-order valence-electron chi connectivity index (χ2n) is 18.8. The van der Waals surface area contributed by atoms with Gasteiger partial charge in [-0.2, -0.15) is 0 Å². The second-order valence-corrected chi connectivity index (χ2v) is 18.8. The van der Waals surface area contributed by atoms with Gasteiger partial charge in [-0.15, -0.1) is 0 Å². The van der Waals surface area contributed by atoms with Gasteiger partial charge in [-0.3, -0.25) is 0 Å². The molecule has 0 radical (unpaired) electrons. The molecule has 66 heavy (non-hydrogen) atoms. The molecule has 310 valence electrons. The van der Waals surface area contributed by atoms with Crippen molar-refractivity contribution in [2.45, 2.75) is 24.7 Å². The molecule has 10 aromatic carbocycles. The first-order valence-electron chi connectivity index (χ1n) is 23.2. The topological polar surface area (TPSA) is 8.17 Å². The summed E-state index contributed by atoms with van der Waals surface area (Å²) < 4.78 is 2.52. The number of fused-ring (bicyclic) bond motifs is 15. The van der Waals surface area contributed by atoms with Gasteiger partial charge in [0, 0.05) is 33.1 Å². The zero-order chi connectivity index (χ0) is 43.7. The van der Waals surface area contributed by atoms with Crippen LogP contribution in [-0.4, -0.2) is 4.57 Å². The lowest BCUT2D eigenvalue weighted by molar-refractivity contribution is 0.660. The van der Waals surface area contributed by atoms with Gasteiger partial charge < -0.3 is 9.47 Å². The summed E-state index contributed by atoms with van der Waals surface area (Å²) in [6, 6.07) is 86.2. The molecular weight excluding hydrogens is 797 g/mol. The lowest BCUT2D eigenvalue weighted by Gasteiger charge is -2.39. The third-order valence-electron chi connectivity index (χ3n) is 15.2. The highest BCUT2D eigenvalue weighted by Crippen LogP contribution is 2.61. The summed E-state index contributed by atoms with van der Waals surface area (Å²) in [7, 11) is 0. The van der Waals surface area contributed by atoms with Crippen molar-refractivity contribution in [2.24, 2.45) is 0 Å². The number of rotatable bonds is 5. The fourth-order valence-corrected chi connectivity index (χ4v) is 12.4. The van der Waals surface area contributed by atoms with Crippen LogP contribution in [0.4, 0.5) is 17.1 Å². The van der Waals surface area contributed by atoms with Crippen molar-refractivity contribution >= 4 is 38.9 Å². The van der Waals surface area contributed by atoms with Crippen LogP contribution in [0, 0.1) is 0 Å². The Morgan fingerprint density at radius 3 is 1.80 bits per heavy atom. The molecule has 1 aliphatic heterocycles. The van der Waals surface area contributed by atoms with E-state index in [0.29, 0.717) is 0 Å². The molecule has 2 nitrogen and oxygen atoms in total. The molecule has 3 aliphatic rings. The first kappa shape index (κ1) is 37.2. The maximum Gasteiger partial charge on any atom is 0.0754 e. The smallest absolute Gasteiger partial charge is 0.0754 e. The van der Waals surface area contributed by atoms with Crippen LogP contribution < -0.4 is 4.90 Å². The minimum atomic E-state index is -0.480. The normalized spacial score (nSPS) is 15.6. The molecule has 0 amide bonds. The van der Waals surface area contributed by atoms with Crippen LogP contribution in [0.15, 0.2) is 231 Å². The lowest BCUT2D eigenvalue weighted by Crippen LogP contribution is -2.33. The highest BCUT2D eigenvalue weighted by molar-refractivity contribution is 6.13.